The number of hydrogen-bond acceptors (Lipinski definition) is 5. The molecule has 3 N–H and O–H groups in total. The number of imide groups is 1. The van der Waals surface area contributed by atoms with Crippen LogP contribution in [-0.2, 0) is 11.3 Å². The number of methoxy groups -OCH3 is 1. The van der Waals surface area contributed by atoms with Crippen molar-refractivity contribution >= 4 is 11.9 Å². The van der Waals surface area contributed by atoms with E-state index in [0.717, 1.165) is 5.56 Å². The Morgan fingerprint density at radius 3 is 2.52 bits per heavy atom. The molecule has 0 aliphatic rings. The van der Waals surface area contributed by atoms with Gasteiger partial charge in [-0.3, -0.25) is 10.1 Å². The van der Waals surface area contributed by atoms with E-state index in [-0.39, 0.29) is 0 Å². The fraction of sp³-hybridized carbons (Fsp3) is 0.429. The van der Waals surface area contributed by atoms with E-state index in [2.05, 4.69) is 16.0 Å². The molecule has 21 heavy (non-hydrogen) atoms. The lowest BCUT2D eigenvalue weighted by molar-refractivity contribution is -0.126. The van der Waals surface area contributed by atoms with Gasteiger partial charge in [-0.15, -0.1) is 0 Å². The summed E-state index contributed by atoms with van der Waals surface area (Å²) in [4.78, 5) is 22.9. The Bertz CT molecular complexity index is 505. The lowest BCUT2D eigenvalue weighted by Crippen LogP contribution is -2.44. The number of hydrogen-bond donors (Lipinski definition) is 3. The van der Waals surface area contributed by atoms with Gasteiger partial charge < -0.3 is 20.1 Å². The molecule has 7 nitrogen and oxygen atoms in total. The Balaban J connectivity index is 2.82. The van der Waals surface area contributed by atoms with Crippen molar-refractivity contribution in [2.75, 3.05) is 21.2 Å². The second-order valence-corrected chi connectivity index (χ2v) is 4.34. The van der Waals surface area contributed by atoms with Crippen molar-refractivity contribution in [1.29, 1.82) is 0 Å². The van der Waals surface area contributed by atoms with Gasteiger partial charge in [-0.25, -0.2) is 4.79 Å². The summed E-state index contributed by atoms with van der Waals surface area (Å²) in [6.07, 6.45) is -0.832. The Hall–Kier alpha value is -2.28. The van der Waals surface area contributed by atoms with E-state index in [9.17, 15) is 9.59 Å². The number of amides is 3. The number of nitrogens with one attached hydrogen (secondary N) is 3. The fourth-order valence-electron chi connectivity index (χ4n) is 1.65. The van der Waals surface area contributed by atoms with Crippen LogP contribution in [0.1, 0.15) is 12.5 Å². The molecule has 0 fully saturated rings. The highest BCUT2D eigenvalue weighted by Crippen LogP contribution is 2.29. The maximum absolute atomic E-state index is 11.8. The summed E-state index contributed by atoms with van der Waals surface area (Å²) < 4.78 is 10.8. The highest BCUT2D eigenvalue weighted by atomic mass is 16.5. The van der Waals surface area contributed by atoms with Crippen LogP contribution < -0.4 is 25.4 Å². The molecule has 0 aromatic heterocycles. The van der Waals surface area contributed by atoms with Gasteiger partial charge in [0.1, 0.15) is 0 Å². The molecule has 3 amide bonds. The lowest BCUT2D eigenvalue weighted by Gasteiger charge is -2.17. The highest BCUT2D eigenvalue weighted by Gasteiger charge is 2.18. The van der Waals surface area contributed by atoms with E-state index >= 15 is 0 Å². The summed E-state index contributed by atoms with van der Waals surface area (Å²) in [6, 6.07) is 4.88. The number of rotatable bonds is 6. The monoisotopic (exact) mass is 295 g/mol. The van der Waals surface area contributed by atoms with Gasteiger partial charge in [0.15, 0.2) is 17.6 Å². The summed E-state index contributed by atoms with van der Waals surface area (Å²) in [5.41, 5.74) is 0.993. The number of ether oxygens (including phenoxy) is 2. The lowest BCUT2D eigenvalue weighted by atomic mass is 10.2. The maximum Gasteiger partial charge on any atom is 0.321 e. The second-order valence-electron chi connectivity index (χ2n) is 4.34. The third kappa shape index (κ3) is 4.96. The quantitative estimate of drug-likeness (QED) is 0.716. The number of carbonyl (C=O) groups is 2. The van der Waals surface area contributed by atoms with Gasteiger partial charge in [0.25, 0.3) is 5.91 Å². The molecule has 1 atom stereocenters. The Kier molecular flexibility index (Phi) is 6.48. The second kappa shape index (κ2) is 8.11. The van der Waals surface area contributed by atoms with Crippen molar-refractivity contribution in [2.24, 2.45) is 0 Å². The van der Waals surface area contributed by atoms with E-state index in [1.807, 2.05) is 13.1 Å². The molecule has 0 bridgehead atoms. The van der Waals surface area contributed by atoms with E-state index in [1.54, 1.807) is 19.1 Å². The van der Waals surface area contributed by atoms with Crippen molar-refractivity contribution < 1.29 is 19.1 Å². The molecule has 1 aromatic carbocycles. The van der Waals surface area contributed by atoms with Crippen LogP contribution in [0.15, 0.2) is 18.2 Å². The van der Waals surface area contributed by atoms with Gasteiger partial charge in [-0.1, -0.05) is 6.07 Å². The minimum absolute atomic E-state index is 0.449. The van der Waals surface area contributed by atoms with Gasteiger partial charge in [0, 0.05) is 13.6 Å². The largest absolute Gasteiger partial charge is 0.493 e. The van der Waals surface area contributed by atoms with Crippen molar-refractivity contribution in [3.8, 4) is 11.5 Å². The van der Waals surface area contributed by atoms with E-state index in [4.69, 9.17) is 9.47 Å². The summed E-state index contributed by atoms with van der Waals surface area (Å²) in [5, 5.41) is 7.49. The molecule has 0 heterocycles. The third-order valence-corrected chi connectivity index (χ3v) is 2.75. The topological polar surface area (TPSA) is 88.7 Å². The molecule has 0 saturated heterocycles. The average molecular weight is 295 g/mol. The van der Waals surface area contributed by atoms with Crippen molar-refractivity contribution in [3.05, 3.63) is 23.8 Å². The first-order valence-electron chi connectivity index (χ1n) is 6.52. The molecule has 1 unspecified atom stereocenters. The van der Waals surface area contributed by atoms with E-state index < -0.39 is 18.0 Å². The standard InChI is InChI=1S/C14H21N3O4/c1-9(13(18)17-14(19)16-3)21-12-7-10(8-15-2)5-6-11(12)20-4/h5-7,9,15H,8H2,1-4H3,(H2,16,17,18,19). The van der Waals surface area contributed by atoms with Crippen LogP contribution in [0.3, 0.4) is 0 Å². The first kappa shape index (κ1) is 16.8. The molecular formula is C14H21N3O4. The van der Waals surface area contributed by atoms with Gasteiger partial charge in [0.2, 0.25) is 0 Å². The Morgan fingerprint density at radius 1 is 1.24 bits per heavy atom. The predicted octanol–water partition coefficient (Wildman–Crippen LogP) is 0.638. The maximum atomic E-state index is 11.8. The summed E-state index contributed by atoms with van der Waals surface area (Å²) in [6.45, 7) is 2.22. The van der Waals surface area contributed by atoms with Crippen LogP contribution in [0.4, 0.5) is 4.79 Å². The van der Waals surface area contributed by atoms with Gasteiger partial charge in [-0.05, 0) is 31.7 Å². The van der Waals surface area contributed by atoms with Crippen LogP contribution >= 0.6 is 0 Å². The molecule has 116 valence electrons. The molecule has 7 heteroatoms. The van der Waals surface area contributed by atoms with Crippen molar-refractivity contribution in [1.82, 2.24) is 16.0 Å². The normalized spacial score (nSPS) is 11.4. The number of urea groups is 1. The molecule has 0 spiro atoms. The summed E-state index contributed by atoms with van der Waals surface area (Å²) in [7, 11) is 4.79. The summed E-state index contributed by atoms with van der Waals surface area (Å²) in [5.74, 6) is 0.440. The Labute approximate surface area is 124 Å². The minimum Gasteiger partial charge on any atom is -0.493 e. The third-order valence-electron chi connectivity index (χ3n) is 2.75. The minimum atomic E-state index is -0.832. The zero-order valence-corrected chi connectivity index (χ0v) is 12.6. The van der Waals surface area contributed by atoms with Gasteiger partial charge in [0.05, 0.1) is 7.11 Å². The molecule has 1 aromatic rings. The predicted molar refractivity (Wildman–Crippen MR) is 78.4 cm³/mol. The summed E-state index contributed by atoms with van der Waals surface area (Å²) >= 11 is 0. The molecule has 0 aliphatic carbocycles. The van der Waals surface area contributed by atoms with Crippen molar-refractivity contribution in [3.63, 3.8) is 0 Å². The molecule has 0 aliphatic heterocycles. The van der Waals surface area contributed by atoms with Gasteiger partial charge >= 0.3 is 6.03 Å². The van der Waals surface area contributed by atoms with Crippen LogP contribution in [-0.4, -0.2) is 39.2 Å². The number of carbonyl (C=O) groups excluding carboxylic acids is 2. The van der Waals surface area contributed by atoms with Gasteiger partial charge in [-0.2, -0.15) is 0 Å². The van der Waals surface area contributed by atoms with E-state index in [1.165, 1.54) is 14.2 Å². The zero-order chi connectivity index (χ0) is 15.8. The molecule has 0 radical (unpaired) electrons. The SMILES string of the molecule is CNCc1ccc(OC)c(OC(C)C(=O)NC(=O)NC)c1. The molecular weight excluding hydrogens is 274 g/mol. The number of benzene rings is 1. The van der Waals surface area contributed by atoms with Crippen LogP contribution in [0.2, 0.25) is 0 Å². The Morgan fingerprint density at radius 2 is 1.95 bits per heavy atom. The first-order valence-corrected chi connectivity index (χ1v) is 6.52. The fourth-order valence-corrected chi connectivity index (χ4v) is 1.65. The smallest absolute Gasteiger partial charge is 0.321 e. The highest BCUT2D eigenvalue weighted by molar-refractivity contribution is 5.96. The van der Waals surface area contributed by atoms with Crippen molar-refractivity contribution in [2.45, 2.75) is 19.6 Å². The van der Waals surface area contributed by atoms with Crippen LogP contribution in [0, 0.1) is 0 Å². The van der Waals surface area contributed by atoms with Crippen LogP contribution in [0.25, 0.3) is 0 Å². The van der Waals surface area contributed by atoms with Crippen LogP contribution in [0.5, 0.6) is 11.5 Å². The molecule has 0 saturated carbocycles. The zero-order valence-electron chi connectivity index (χ0n) is 12.6. The van der Waals surface area contributed by atoms with E-state index in [0.29, 0.717) is 18.0 Å². The average Bonchev–Trinajstić information content (AvgIpc) is 2.47. The molecule has 1 rings (SSSR count). The first-order chi connectivity index (χ1) is 10.0.